The van der Waals surface area contributed by atoms with Crippen molar-refractivity contribution in [1.29, 1.82) is 0 Å². The van der Waals surface area contributed by atoms with E-state index in [1.54, 1.807) is 7.11 Å². The number of ether oxygens (including phenoxy) is 1. The standard InChI is InChI=1S/C19H30N2O2/c1-14(2)21(15(3)4)19(22)20-12-10-17(11-13-20)16-6-8-18(23-5)9-7-16/h6-9,14-15,17H,10-13H2,1-5H3. The summed E-state index contributed by atoms with van der Waals surface area (Å²) in [5, 5.41) is 0. The number of piperidine rings is 1. The van der Waals surface area contributed by atoms with Crippen LogP contribution < -0.4 is 4.74 Å². The Bertz CT molecular complexity index is 495. The number of methoxy groups -OCH3 is 1. The SMILES string of the molecule is COc1ccc(C2CCN(C(=O)N(C(C)C)C(C)C)CC2)cc1. The minimum atomic E-state index is 0.184. The molecule has 0 unspecified atom stereocenters. The highest BCUT2D eigenvalue weighted by Gasteiger charge is 2.29. The summed E-state index contributed by atoms with van der Waals surface area (Å²) in [6.45, 7) is 10.0. The Kier molecular flexibility index (Phi) is 5.91. The molecule has 128 valence electrons. The van der Waals surface area contributed by atoms with Crippen molar-refractivity contribution in [3.8, 4) is 5.75 Å². The van der Waals surface area contributed by atoms with E-state index in [0.717, 1.165) is 31.7 Å². The molecule has 0 saturated carbocycles. The molecule has 2 amide bonds. The zero-order valence-corrected chi connectivity index (χ0v) is 15.1. The van der Waals surface area contributed by atoms with Crippen LogP contribution in [0.2, 0.25) is 0 Å². The summed E-state index contributed by atoms with van der Waals surface area (Å²) >= 11 is 0. The molecular formula is C19H30N2O2. The predicted octanol–water partition coefficient (Wildman–Crippen LogP) is 4.11. The van der Waals surface area contributed by atoms with E-state index in [2.05, 4.69) is 39.8 Å². The van der Waals surface area contributed by atoms with Gasteiger partial charge in [0.05, 0.1) is 7.11 Å². The zero-order valence-electron chi connectivity index (χ0n) is 15.1. The summed E-state index contributed by atoms with van der Waals surface area (Å²) in [4.78, 5) is 16.7. The Morgan fingerprint density at radius 1 is 1.09 bits per heavy atom. The molecule has 1 fully saturated rings. The number of carbonyl (C=O) groups excluding carboxylic acids is 1. The van der Waals surface area contributed by atoms with Crippen molar-refractivity contribution in [3.63, 3.8) is 0 Å². The van der Waals surface area contributed by atoms with Crippen LogP contribution in [0.5, 0.6) is 5.75 Å². The van der Waals surface area contributed by atoms with Crippen LogP contribution in [0.25, 0.3) is 0 Å². The molecule has 0 atom stereocenters. The summed E-state index contributed by atoms with van der Waals surface area (Å²) in [7, 11) is 1.69. The molecule has 1 aromatic rings. The van der Waals surface area contributed by atoms with Crippen LogP contribution >= 0.6 is 0 Å². The Hall–Kier alpha value is -1.71. The van der Waals surface area contributed by atoms with Crippen LogP contribution in [0, 0.1) is 0 Å². The topological polar surface area (TPSA) is 32.8 Å². The molecule has 2 rings (SSSR count). The molecule has 0 spiro atoms. The van der Waals surface area contributed by atoms with E-state index in [-0.39, 0.29) is 18.1 Å². The molecule has 23 heavy (non-hydrogen) atoms. The fraction of sp³-hybridized carbons (Fsp3) is 0.632. The summed E-state index contributed by atoms with van der Waals surface area (Å²) in [5.74, 6) is 1.43. The lowest BCUT2D eigenvalue weighted by Gasteiger charge is -2.39. The smallest absolute Gasteiger partial charge is 0.320 e. The quantitative estimate of drug-likeness (QED) is 0.837. The summed E-state index contributed by atoms with van der Waals surface area (Å²) in [5.41, 5.74) is 1.35. The minimum absolute atomic E-state index is 0.184. The molecule has 0 aliphatic carbocycles. The average molecular weight is 318 g/mol. The summed E-state index contributed by atoms with van der Waals surface area (Å²) in [6, 6.07) is 9.00. The van der Waals surface area contributed by atoms with Gasteiger partial charge in [0, 0.05) is 25.2 Å². The van der Waals surface area contributed by atoms with Gasteiger partial charge >= 0.3 is 6.03 Å². The van der Waals surface area contributed by atoms with E-state index in [1.165, 1.54) is 5.56 Å². The maximum absolute atomic E-state index is 12.7. The van der Waals surface area contributed by atoms with Crippen LogP contribution in [0.3, 0.4) is 0 Å². The summed E-state index contributed by atoms with van der Waals surface area (Å²) in [6.07, 6.45) is 2.06. The lowest BCUT2D eigenvalue weighted by molar-refractivity contribution is 0.114. The van der Waals surface area contributed by atoms with Crippen molar-refractivity contribution < 1.29 is 9.53 Å². The first-order chi connectivity index (χ1) is 10.9. The molecule has 4 heteroatoms. The maximum atomic E-state index is 12.7. The van der Waals surface area contributed by atoms with Gasteiger partial charge in [-0.25, -0.2) is 4.79 Å². The van der Waals surface area contributed by atoms with Gasteiger partial charge in [-0.2, -0.15) is 0 Å². The first kappa shape index (κ1) is 17.6. The van der Waals surface area contributed by atoms with Crippen LogP contribution in [0.4, 0.5) is 4.79 Å². The van der Waals surface area contributed by atoms with Crippen molar-refractivity contribution in [2.24, 2.45) is 0 Å². The van der Waals surface area contributed by atoms with E-state index in [0.29, 0.717) is 5.92 Å². The van der Waals surface area contributed by atoms with E-state index < -0.39 is 0 Å². The number of carbonyl (C=O) groups is 1. The number of benzene rings is 1. The van der Waals surface area contributed by atoms with Gasteiger partial charge in [-0.3, -0.25) is 0 Å². The Morgan fingerprint density at radius 2 is 1.61 bits per heavy atom. The lowest BCUT2D eigenvalue weighted by atomic mass is 9.89. The minimum Gasteiger partial charge on any atom is -0.497 e. The number of hydrogen-bond donors (Lipinski definition) is 0. The molecule has 0 N–H and O–H groups in total. The van der Waals surface area contributed by atoms with Gasteiger partial charge in [0.2, 0.25) is 0 Å². The first-order valence-corrected chi connectivity index (χ1v) is 8.65. The number of likely N-dealkylation sites (tertiary alicyclic amines) is 1. The number of rotatable bonds is 4. The van der Waals surface area contributed by atoms with Gasteiger partial charge in [0.25, 0.3) is 0 Å². The third-order valence-corrected chi connectivity index (χ3v) is 4.69. The maximum Gasteiger partial charge on any atom is 0.320 e. The summed E-state index contributed by atoms with van der Waals surface area (Å²) < 4.78 is 5.22. The third-order valence-electron chi connectivity index (χ3n) is 4.69. The van der Waals surface area contributed by atoms with Gasteiger partial charge in [-0.1, -0.05) is 12.1 Å². The number of amides is 2. The monoisotopic (exact) mass is 318 g/mol. The Labute approximate surface area is 140 Å². The van der Waals surface area contributed by atoms with Crippen molar-refractivity contribution in [2.75, 3.05) is 20.2 Å². The molecule has 1 heterocycles. The average Bonchev–Trinajstić information content (AvgIpc) is 2.54. The van der Waals surface area contributed by atoms with Crippen molar-refractivity contribution >= 4 is 6.03 Å². The molecule has 1 saturated heterocycles. The molecule has 1 aliphatic heterocycles. The normalized spacial score (nSPS) is 16.0. The Morgan fingerprint density at radius 3 is 2.04 bits per heavy atom. The van der Waals surface area contributed by atoms with Crippen molar-refractivity contribution in [1.82, 2.24) is 9.80 Å². The second-order valence-electron chi connectivity index (χ2n) is 6.91. The Balaban J connectivity index is 1.96. The van der Waals surface area contributed by atoms with Crippen LogP contribution in [-0.4, -0.2) is 48.1 Å². The van der Waals surface area contributed by atoms with E-state index >= 15 is 0 Å². The highest BCUT2D eigenvalue weighted by atomic mass is 16.5. The van der Waals surface area contributed by atoms with Gasteiger partial charge in [-0.05, 0) is 64.2 Å². The number of urea groups is 1. The predicted molar refractivity (Wildman–Crippen MR) is 94.0 cm³/mol. The van der Waals surface area contributed by atoms with E-state index in [1.807, 2.05) is 21.9 Å². The molecule has 0 bridgehead atoms. The number of nitrogens with zero attached hydrogens (tertiary/aromatic N) is 2. The third kappa shape index (κ3) is 4.18. The largest absolute Gasteiger partial charge is 0.497 e. The highest BCUT2D eigenvalue weighted by Crippen LogP contribution is 2.30. The zero-order chi connectivity index (χ0) is 17.0. The number of hydrogen-bond acceptors (Lipinski definition) is 2. The fourth-order valence-electron chi connectivity index (χ4n) is 3.48. The molecule has 1 aliphatic rings. The molecule has 0 aromatic heterocycles. The fourth-order valence-corrected chi connectivity index (χ4v) is 3.48. The highest BCUT2D eigenvalue weighted by molar-refractivity contribution is 5.75. The molecule has 1 aromatic carbocycles. The van der Waals surface area contributed by atoms with Gasteiger partial charge in [0.1, 0.15) is 5.75 Å². The molecule has 4 nitrogen and oxygen atoms in total. The van der Waals surface area contributed by atoms with Crippen molar-refractivity contribution in [2.45, 2.75) is 58.5 Å². The molecule has 0 radical (unpaired) electrons. The van der Waals surface area contributed by atoms with Crippen LogP contribution in [0.1, 0.15) is 52.0 Å². The van der Waals surface area contributed by atoms with Gasteiger partial charge < -0.3 is 14.5 Å². The molecular weight excluding hydrogens is 288 g/mol. The van der Waals surface area contributed by atoms with Crippen LogP contribution in [0.15, 0.2) is 24.3 Å². The van der Waals surface area contributed by atoms with Crippen LogP contribution in [-0.2, 0) is 0 Å². The lowest BCUT2D eigenvalue weighted by Crippen LogP contribution is -2.51. The second-order valence-corrected chi connectivity index (χ2v) is 6.91. The van der Waals surface area contributed by atoms with Gasteiger partial charge in [-0.15, -0.1) is 0 Å². The van der Waals surface area contributed by atoms with Crippen molar-refractivity contribution in [3.05, 3.63) is 29.8 Å². The van der Waals surface area contributed by atoms with Gasteiger partial charge in [0.15, 0.2) is 0 Å². The first-order valence-electron chi connectivity index (χ1n) is 8.65. The van der Waals surface area contributed by atoms with E-state index in [9.17, 15) is 4.79 Å². The van der Waals surface area contributed by atoms with E-state index in [4.69, 9.17) is 4.74 Å². The second kappa shape index (κ2) is 7.71.